The standard InChI is InChI=1S/C9H13NOS/c1-4-7-5-8(9(11)10-3)12-6(7)2/h5H,4H2,1-3H3,(H,10,11). The molecule has 0 fully saturated rings. The number of nitrogens with one attached hydrogen (secondary N) is 1. The lowest BCUT2D eigenvalue weighted by atomic mass is 10.2. The molecule has 0 saturated carbocycles. The number of carbonyl (C=O) groups excluding carboxylic acids is 1. The van der Waals surface area contributed by atoms with Crippen LogP contribution in [0.25, 0.3) is 0 Å². The summed E-state index contributed by atoms with van der Waals surface area (Å²) in [6.07, 6.45) is 0.999. The van der Waals surface area contributed by atoms with Gasteiger partial charge >= 0.3 is 0 Å². The normalized spacial score (nSPS) is 9.92. The van der Waals surface area contributed by atoms with Crippen LogP contribution in [0.1, 0.15) is 27.0 Å². The molecular formula is C9H13NOS. The first kappa shape index (κ1) is 9.26. The predicted molar refractivity (Wildman–Crippen MR) is 51.8 cm³/mol. The summed E-state index contributed by atoms with van der Waals surface area (Å²) >= 11 is 1.56. The number of aryl methyl sites for hydroxylation is 2. The van der Waals surface area contributed by atoms with Gasteiger partial charge in [-0.2, -0.15) is 0 Å². The largest absolute Gasteiger partial charge is 0.354 e. The average Bonchev–Trinajstić information content (AvgIpc) is 2.45. The highest BCUT2D eigenvalue weighted by Gasteiger charge is 2.08. The van der Waals surface area contributed by atoms with Crippen LogP contribution in [0.15, 0.2) is 6.07 Å². The van der Waals surface area contributed by atoms with Gasteiger partial charge in [0.1, 0.15) is 0 Å². The summed E-state index contributed by atoms with van der Waals surface area (Å²) in [6, 6.07) is 1.97. The zero-order valence-corrected chi connectivity index (χ0v) is 8.42. The number of hydrogen-bond donors (Lipinski definition) is 1. The number of hydrogen-bond acceptors (Lipinski definition) is 2. The van der Waals surface area contributed by atoms with Crippen LogP contribution < -0.4 is 5.32 Å². The van der Waals surface area contributed by atoms with E-state index in [2.05, 4.69) is 19.2 Å². The van der Waals surface area contributed by atoms with E-state index in [1.807, 2.05) is 6.07 Å². The Morgan fingerprint density at radius 1 is 1.67 bits per heavy atom. The van der Waals surface area contributed by atoms with E-state index < -0.39 is 0 Å². The summed E-state index contributed by atoms with van der Waals surface area (Å²) in [5.41, 5.74) is 1.28. The SMILES string of the molecule is CCc1cc(C(=O)NC)sc1C. The number of thiophene rings is 1. The van der Waals surface area contributed by atoms with Gasteiger partial charge in [0.2, 0.25) is 0 Å². The van der Waals surface area contributed by atoms with Crippen LogP contribution >= 0.6 is 11.3 Å². The molecule has 0 atom stereocenters. The van der Waals surface area contributed by atoms with E-state index >= 15 is 0 Å². The summed E-state index contributed by atoms with van der Waals surface area (Å²) in [5.74, 6) is 0.0165. The highest BCUT2D eigenvalue weighted by Crippen LogP contribution is 2.21. The molecule has 0 spiro atoms. The third-order valence-corrected chi connectivity index (χ3v) is 2.94. The highest BCUT2D eigenvalue weighted by molar-refractivity contribution is 7.14. The summed E-state index contributed by atoms with van der Waals surface area (Å²) in [5, 5.41) is 2.62. The summed E-state index contributed by atoms with van der Waals surface area (Å²) < 4.78 is 0. The molecule has 0 aromatic carbocycles. The van der Waals surface area contributed by atoms with E-state index in [1.54, 1.807) is 18.4 Å². The highest BCUT2D eigenvalue weighted by atomic mass is 32.1. The van der Waals surface area contributed by atoms with Crippen LogP contribution in [0.4, 0.5) is 0 Å². The molecule has 1 aromatic rings. The Labute approximate surface area is 76.6 Å². The van der Waals surface area contributed by atoms with E-state index in [-0.39, 0.29) is 5.91 Å². The second-order valence-electron chi connectivity index (χ2n) is 2.62. The summed E-state index contributed by atoms with van der Waals surface area (Å²) in [7, 11) is 1.66. The van der Waals surface area contributed by atoms with Gasteiger partial charge in [-0.25, -0.2) is 0 Å². The van der Waals surface area contributed by atoms with Crippen molar-refractivity contribution in [3.05, 3.63) is 21.4 Å². The topological polar surface area (TPSA) is 29.1 Å². The molecule has 1 N–H and O–H groups in total. The monoisotopic (exact) mass is 183 g/mol. The molecule has 0 unspecified atom stereocenters. The fraction of sp³-hybridized carbons (Fsp3) is 0.444. The van der Waals surface area contributed by atoms with Crippen molar-refractivity contribution in [1.29, 1.82) is 0 Å². The Morgan fingerprint density at radius 2 is 2.33 bits per heavy atom. The van der Waals surface area contributed by atoms with Crippen molar-refractivity contribution in [1.82, 2.24) is 5.32 Å². The molecule has 1 aromatic heterocycles. The number of amides is 1. The third-order valence-electron chi connectivity index (χ3n) is 1.85. The molecule has 12 heavy (non-hydrogen) atoms. The summed E-state index contributed by atoms with van der Waals surface area (Å²) in [6.45, 7) is 4.15. The molecule has 0 saturated heterocycles. The molecule has 0 aliphatic heterocycles. The fourth-order valence-corrected chi connectivity index (χ4v) is 2.17. The first-order valence-electron chi connectivity index (χ1n) is 4.00. The van der Waals surface area contributed by atoms with E-state index in [0.29, 0.717) is 0 Å². The van der Waals surface area contributed by atoms with Crippen molar-refractivity contribution in [2.24, 2.45) is 0 Å². The van der Waals surface area contributed by atoms with Gasteiger partial charge < -0.3 is 5.32 Å². The van der Waals surface area contributed by atoms with Crippen LogP contribution in [-0.2, 0) is 6.42 Å². The molecule has 1 amide bonds. The van der Waals surface area contributed by atoms with Gasteiger partial charge in [-0.05, 0) is 25.0 Å². The number of carbonyl (C=O) groups is 1. The van der Waals surface area contributed by atoms with Gasteiger partial charge in [0.25, 0.3) is 5.91 Å². The molecule has 66 valence electrons. The third kappa shape index (κ3) is 1.67. The molecule has 2 nitrogen and oxygen atoms in total. The average molecular weight is 183 g/mol. The van der Waals surface area contributed by atoms with Gasteiger partial charge in [0.15, 0.2) is 0 Å². The predicted octanol–water partition coefficient (Wildman–Crippen LogP) is 1.98. The minimum absolute atomic E-state index is 0.0165. The van der Waals surface area contributed by atoms with Crippen molar-refractivity contribution in [2.75, 3.05) is 7.05 Å². The maximum absolute atomic E-state index is 11.2. The van der Waals surface area contributed by atoms with Gasteiger partial charge in [0, 0.05) is 11.9 Å². The Kier molecular flexibility index (Phi) is 2.87. The van der Waals surface area contributed by atoms with Crippen LogP contribution in [-0.4, -0.2) is 13.0 Å². The van der Waals surface area contributed by atoms with Gasteiger partial charge in [-0.15, -0.1) is 11.3 Å². The van der Waals surface area contributed by atoms with E-state index in [0.717, 1.165) is 11.3 Å². The van der Waals surface area contributed by atoms with Crippen molar-refractivity contribution >= 4 is 17.2 Å². The van der Waals surface area contributed by atoms with Gasteiger partial charge in [0.05, 0.1) is 4.88 Å². The van der Waals surface area contributed by atoms with Crippen LogP contribution in [0.2, 0.25) is 0 Å². The molecule has 0 aliphatic rings. The Balaban J connectivity index is 2.96. The lowest BCUT2D eigenvalue weighted by Crippen LogP contribution is -2.16. The quantitative estimate of drug-likeness (QED) is 0.746. The van der Waals surface area contributed by atoms with Crippen LogP contribution in [0, 0.1) is 6.92 Å². The number of rotatable bonds is 2. The molecule has 0 aliphatic carbocycles. The molecule has 0 radical (unpaired) electrons. The maximum Gasteiger partial charge on any atom is 0.261 e. The lowest BCUT2D eigenvalue weighted by Gasteiger charge is -1.91. The Morgan fingerprint density at radius 3 is 2.75 bits per heavy atom. The van der Waals surface area contributed by atoms with Crippen molar-refractivity contribution in [2.45, 2.75) is 20.3 Å². The zero-order valence-electron chi connectivity index (χ0n) is 7.60. The second-order valence-corrected chi connectivity index (χ2v) is 3.88. The zero-order chi connectivity index (χ0) is 9.14. The first-order chi connectivity index (χ1) is 5.69. The molecule has 1 rings (SSSR count). The lowest BCUT2D eigenvalue weighted by molar-refractivity contribution is 0.0967. The van der Waals surface area contributed by atoms with Crippen LogP contribution in [0.5, 0.6) is 0 Å². The smallest absolute Gasteiger partial charge is 0.261 e. The van der Waals surface area contributed by atoms with E-state index in [1.165, 1.54) is 10.4 Å². The summed E-state index contributed by atoms with van der Waals surface area (Å²) in [4.78, 5) is 13.3. The first-order valence-corrected chi connectivity index (χ1v) is 4.82. The van der Waals surface area contributed by atoms with Gasteiger partial charge in [-0.1, -0.05) is 6.92 Å². The Hall–Kier alpha value is -0.830. The molecule has 3 heteroatoms. The fourth-order valence-electron chi connectivity index (χ4n) is 1.11. The van der Waals surface area contributed by atoms with Crippen molar-refractivity contribution in [3.63, 3.8) is 0 Å². The minimum atomic E-state index is 0.0165. The Bertz CT molecular complexity index is 291. The molecule has 1 heterocycles. The molecular weight excluding hydrogens is 170 g/mol. The van der Waals surface area contributed by atoms with E-state index in [9.17, 15) is 4.79 Å². The molecule has 0 bridgehead atoms. The van der Waals surface area contributed by atoms with Crippen LogP contribution in [0.3, 0.4) is 0 Å². The minimum Gasteiger partial charge on any atom is -0.354 e. The second kappa shape index (κ2) is 3.72. The van der Waals surface area contributed by atoms with Crippen molar-refractivity contribution in [3.8, 4) is 0 Å². The van der Waals surface area contributed by atoms with E-state index in [4.69, 9.17) is 0 Å². The maximum atomic E-state index is 11.2. The van der Waals surface area contributed by atoms with Gasteiger partial charge in [-0.3, -0.25) is 4.79 Å². The van der Waals surface area contributed by atoms with Crippen molar-refractivity contribution < 1.29 is 4.79 Å².